The molecule has 0 radical (unpaired) electrons. The van der Waals surface area contributed by atoms with Crippen LogP contribution >= 0.6 is 0 Å². The number of nitrogens with one attached hydrogen (secondary N) is 1. The number of rotatable bonds is 6. The van der Waals surface area contributed by atoms with Crippen LogP contribution in [-0.2, 0) is 6.54 Å². The van der Waals surface area contributed by atoms with E-state index >= 15 is 0 Å². The molecule has 1 aliphatic rings. The summed E-state index contributed by atoms with van der Waals surface area (Å²) < 4.78 is 16.0. The first kappa shape index (κ1) is 14.0. The zero-order chi connectivity index (χ0) is 13.8. The van der Waals surface area contributed by atoms with Crippen LogP contribution in [-0.4, -0.2) is 27.4 Å². The molecular formula is C15H23NO3. The minimum Gasteiger partial charge on any atom is -0.496 e. The molecule has 0 heterocycles. The number of hydrogen-bond donors (Lipinski definition) is 1. The second-order valence-corrected chi connectivity index (χ2v) is 5.17. The maximum atomic E-state index is 5.42. The molecule has 1 N–H and O–H groups in total. The fraction of sp³-hybridized carbons (Fsp3) is 0.600. The monoisotopic (exact) mass is 265 g/mol. The molecule has 1 saturated carbocycles. The third-order valence-corrected chi connectivity index (χ3v) is 3.74. The topological polar surface area (TPSA) is 39.7 Å². The molecule has 0 spiro atoms. The van der Waals surface area contributed by atoms with Gasteiger partial charge in [-0.15, -0.1) is 0 Å². The van der Waals surface area contributed by atoms with Crippen LogP contribution in [0.3, 0.4) is 0 Å². The second-order valence-electron chi connectivity index (χ2n) is 5.17. The van der Waals surface area contributed by atoms with Gasteiger partial charge >= 0.3 is 0 Å². The Hall–Kier alpha value is -1.42. The highest BCUT2D eigenvalue weighted by molar-refractivity contribution is 5.50. The van der Waals surface area contributed by atoms with E-state index in [9.17, 15) is 0 Å². The zero-order valence-electron chi connectivity index (χ0n) is 12.2. The molecule has 0 bridgehead atoms. The fourth-order valence-electron chi connectivity index (χ4n) is 2.55. The summed E-state index contributed by atoms with van der Waals surface area (Å²) in [5, 5.41) is 3.55. The van der Waals surface area contributed by atoms with E-state index in [-0.39, 0.29) is 0 Å². The smallest absolute Gasteiger partial charge is 0.164 e. The van der Waals surface area contributed by atoms with Crippen LogP contribution in [0.2, 0.25) is 0 Å². The molecule has 106 valence electrons. The van der Waals surface area contributed by atoms with E-state index in [1.54, 1.807) is 21.3 Å². The zero-order valence-corrected chi connectivity index (χ0v) is 12.2. The lowest BCUT2D eigenvalue weighted by Gasteiger charge is -2.33. The summed E-state index contributed by atoms with van der Waals surface area (Å²) in [5.74, 6) is 3.12. The first-order valence-electron chi connectivity index (χ1n) is 6.70. The summed E-state index contributed by atoms with van der Waals surface area (Å²) in [6.07, 6.45) is 2.52. The lowest BCUT2D eigenvalue weighted by molar-refractivity contribution is 0.239. The molecular weight excluding hydrogens is 242 g/mol. The third kappa shape index (κ3) is 3.13. The van der Waals surface area contributed by atoms with Crippen molar-refractivity contribution in [3.8, 4) is 17.2 Å². The average Bonchev–Trinajstić information content (AvgIpc) is 2.41. The van der Waals surface area contributed by atoms with E-state index in [1.807, 2.05) is 12.1 Å². The van der Waals surface area contributed by atoms with Gasteiger partial charge in [-0.2, -0.15) is 0 Å². The van der Waals surface area contributed by atoms with Gasteiger partial charge in [-0.05, 0) is 24.8 Å². The molecule has 2 rings (SSSR count). The Labute approximate surface area is 115 Å². The summed E-state index contributed by atoms with van der Waals surface area (Å²) in [6.45, 7) is 3.08. The Kier molecular flexibility index (Phi) is 4.53. The maximum Gasteiger partial charge on any atom is 0.164 e. The molecule has 0 amide bonds. The second kappa shape index (κ2) is 6.15. The highest BCUT2D eigenvalue weighted by Crippen LogP contribution is 2.35. The Balaban J connectivity index is 2.09. The van der Waals surface area contributed by atoms with Crippen molar-refractivity contribution < 1.29 is 14.2 Å². The summed E-state index contributed by atoms with van der Waals surface area (Å²) in [6, 6.07) is 4.49. The molecule has 4 heteroatoms. The Bertz CT molecular complexity index is 428. The largest absolute Gasteiger partial charge is 0.496 e. The lowest BCUT2D eigenvalue weighted by Crippen LogP contribution is -2.39. The molecule has 0 unspecified atom stereocenters. The average molecular weight is 265 g/mol. The van der Waals surface area contributed by atoms with E-state index in [0.29, 0.717) is 11.8 Å². The van der Waals surface area contributed by atoms with Crippen molar-refractivity contribution in [2.24, 2.45) is 5.92 Å². The van der Waals surface area contributed by atoms with E-state index in [2.05, 4.69) is 12.2 Å². The minimum absolute atomic E-state index is 0.632. The van der Waals surface area contributed by atoms with Crippen LogP contribution in [0.15, 0.2) is 12.1 Å². The van der Waals surface area contributed by atoms with Crippen molar-refractivity contribution in [3.63, 3.8) is 0 Å². The first-order chi connectivity index (χ1) is 9.17. The SMILES string of the molecule is COc1cc(OC)c(OC)cc1CNC1CC(C)C1. The van der Waals surface area contributed by atoms with Gasteiger partial charge in [0, 0.05) is 24.2 Å². The quantitative estimate of drug-likeness (QED) is 0.858. The standard InChI is InChI=1S/C15H23NO3/c1-10-5-12(6-10)16-9-11-7-14(18-3)15(19-4)8-13(11)17-2/h7-8,10,12,16H,5-6,9H2,1-4H3. The van der Waals surface area contributed by atoms with Gasteiger partial charge in [0.1, 0.15) is 5.75 Å². The maximum absolute atomic E-state index is 5.42. The van der Waals surface area contributed by atoms with E-state index in [0.717, 1.165) is 29.5 Å². The van der Waals surface area contributed by atoms with Crippen LogP contribution < -0.4 is 19.5 Å². The van der Waals surface area contributed by atoms with Crippen LogP contribution in [0.4, 0.5) is 0 Å². The molecule has 1 fully saturated rings. The van der Waals surface area contributed by atoms with Gasteiger partial charge in [-0.3, -0.25) is 0 Å². The van der Waals surface area contributed by atoms with Crippen molar-refractivity contribution in [1.82, 2.24) is 5.32 Å². The number of ether oxygens (including phenoxy) is 3. The van der Waals surface area contributed by atoms with E-state index in [4.69, 9.17) is 14.2 Å². The predicted octanol–water partition coefficient (Wildman–Crippen LogP) is 2.60. The highest BCUT2D eigenvalue weighted by atomic mass is 16.5. The number of methoxy groups -OCH3 is 3. The Morgan fingerprint density at radius 3 is 2.11 bits per heavy atom. The van der Waals surface area contributed by atoms with Gasteiger partial charge in [0.05, 0.1) is 21.3 Å². The van der Waals surface area contributed by atoms with Gasteiger partial charge < -0.3 is 19.5 Å². The highest BCUT2D eigenvalue weighted by Gasteiger charge is 2.25. The Morgan fingerprint density at radius 1 is 1.00 bits per heavy atom. The van der Waals surface area contributed by atoms with Gasteiger partial charge in [0.2, 0.25) is 0 Å². The molecule has 0 aliphatic heterocycles. The molecule has 0 saturated heterocycles. The lowest BCUT2D eigenvalue weighted by atomic mass is 9.82. The molecule has 0 aromatic heterocycles. The van der Waals surface area contributed by atoms with Crippen LogP contribution in [0.25, 0.3) is 0 Å². The Morgan fingerprint density at radius 2 is 1.58 bits per heavy atom. The van der Waals surface area contributed by atoms with Crippen molar-refractivity contribution in [2.45, 2.75) is 32.4 Å². The van der Waals surface area contributed by atoms with Crippen molar-refractivity contribution in [1.29, 1.82) is 0 Å². The molecule has 19 heavy (non-hydrogen) atoms. The van der Waals surface area contributed by atoms with Crippen LogP contribution in [0.1, 0.15) is 25.3 Å². The summed E-state index contributed by atoms with van der Waals surface area (Å²) in [4.78, 5) is 0. The van der Waals surface area contributed by atoms with Gasteiger partial charge in [-0.1, -0.05) is 6.92 Å². The summed E-state index contributed by atoms with van der Waals surface area (Å²) in [5.41, 5.74) is 1.10. The number of benzene rings is 1. The molecule has 1 aromatic carbocycles. The van der Waals surface area contributed by atoms with Gasteiger partial charge in [0.25, 0.3) is 0 Å². The molecule has 1 aliphatic carbocycles. The summed E-state index contributed by atoms with van der Waals surface area (Å²) >= 11 is 0. The third-order valence-electron chi connectivity index (χ3n) is 3.74. The normalized spacial score (nSPS) is 21.7. The number of hydrogen-bond acceptors (Lipinski definition) is 4. The minimum atomic E-state index is 0.632. The first-order valence-corrected chi connectivity index (χ1v) is 6.70. The van der Waals surface area contributed by atoms with E-state index in [1.165, 1.54) is 12.8 Å². The van der Waals surface area contributed by atoms with Gasteiger partial charge in [-0.25, -0.2) is 0 Å². The fourth-order valence-corrected chi connectivity index (χ4v) is 2.55. The van der Waals surface area contributed by atoms with Crippen molar-refractivity contribution >= 4 is 0 Å². The van der Waals surface area contributed by atoms with Crippen LogP contribution in [0, 0.1) is 5.92 Å². The van der Waals surface area contributed by atoms with E-state index < -0.39 is 0 Å². The van der Waals surface area contributed by atoms with Gasteiger partial charge in [0.15, 0.2) is 11.5 Å². The molecule has 1 aromatic rings. The van der Waals surface area contributed by atoms with Crippen molar-refractivity contribution in [2.75, 3.05) is 21.3 Å². The summed E-state index contributed by atoms with van der Waals surface area (Å²) in [7, 11) is 4.95. The molecule has 0 atom stereocenters. The van der Waals surface area contributed by atoms with Crippen molar-refractivity contribution in [3.05, 3.63) is 17.7 Å². The molecule has 4 nitrogen and oxygen atoms in total. The van der Waals surface area contributed by atoms with Crippen LogP contribution in [0.5, 0.6) is 17.2 Å². The predicted molar refractivity (Wildman–Crippen MR) is 75.1 cm³/mol.